The summed E-state index contributed by atoms with van der Waals surface area (Å²) in [5.74, 6) is 1.31. The second kappa shape index (κ2) is 10.1. The van der Waals surface area contributed by atoms with Gasteiger partial charge in [0.25, 0.3) is 0 Å². The number of halogens is 1. The summed E-state index contributed by atoms with van der Waals surface area (Å²) in [6, 6.07) is 0. The zero-order valence-corrected chi connectivity index (χ0v) is 19.2. The number of nitrogens with one attached hydrogen (secondary N) is 2. The molecule has 0 aromatic heterocycles. The van der Waals surface area contributed by atoms with Gasteiger partial charge in [-0.2, -0.15) is 0 Å². The molecule has 1 saturated heterocycles. The third kappa shape index (κ3) is 5.97. The summed E-state index contributed by atoms with van der Waals surface area (Å²) in [7, 11) is -3.06. The summed E-state index contributed by atoms with van der Waals surface area (Å²) >= 11 is 0. The van der Waals surface area contributed by atoms with E-state index in [2.05, 4.69) is 15.6 Å². The largest absolute Gasteiger partial charge is 0.357 e. The van der Waals surface area contributed by atoms with Crippen LogP contribution in [0.1, 0.15) is 46.5 Å². The van der Waals surface area contributed by atoms with E-state index in [1.807, 2.05) is 11.8 Å². The van der Waals surface area contributed by atoms with Crippen LogP contribution >= 0.6 is 24.0 Å². The zero-order valence-electron chi connectivity index (χ0n) is 16.1. The summed E-state index contributed by atoms with van der Waals surface area (Å²) in [5, 5.41) is 6.22. The van der Waals surface area contributed by atoms with E-state index in [1.165, 1.54) is 0 Å². The van der Waals surface area contributed by atoms with E-state index in [1.54, 1.807) is 13.8 Å². The molecule has 26 heavy (non-hydrogen) atoms. The van der Waals surface area contributed by atoms with Crippen LogP contribution in [0, 0.1) is 5.92 Å². The number of carbonyl (C=O) groups excluding carboxylic acids is 1. The Morgan fingerprint density at radius 3 is 2.50 bits per heavy atom. The Labute approximate surface area is 174 Å². The van der Waals surface area contributed by atoms with Crippen LogP contribution in [0.4, 0.5) is 0 Å². The van der Waals surface area contributed by atoms with Crippen molar-refractivity contribution < 1.29 is 13.2 Å². The number of guanidine groups is 1. The lowest BCUT2D eigenvalue weighted by Crippen LogP contribution is -2.57. The number of amides is 1. The molecule has 0 atom stereocenters. The number of rotatable bonds is 6. The lowest BCUT2D eigenvalue weighted by molar-refractivity contribution is -0.127. The molecule has 7 nitrogen and oxygen atoms in total. The van der Waals surface area contributed by atoms with Crippen LogP contribution in [0.15, 0.2) is 4.99 Å². The molecule has 1 aliphatic carbocycles. The molecule has 0 spiro atoms. The van der Waals surface area contributed by atoms with E-state index in [4.69, 9.17) is 0 Å². The molecule has 2 fully saturated rings. The monoisotopic (exact) mass is 500 g/mol. The number of nitrogens with zero attached hydrogens (tertiary/aromatic N) is 2. The van der Waals surface area contributed by atoms with E-state index in [9.17, 15) is 13.2 Å². The molecular formula is C17H33IN4O3S. The third-order valence-corrected chi connectivity index (χ3v) is 7.58. The molecule has 1 saturated carbocycles. The summed E-state index contributed by atoms with van der Waals surface area (Å²) < 4.78 is 23.5. The lowest BCUT2D eigenvalue weighted by Gasteiger charge is -2.39. The van der Waals surface area contributed by atoms with Crippen molar-refractivity contribution >= 4 is 45.7 Å². The molecule has 9 heteroatoms. The molecule has 0 bridgehead atoms. The Bertz CT molecular complexity index is 603. The fraction of sp³-hybridized carbons (Fsp3) is 0.882. The highest BCUT2D eigenvalue weighted by atomic mass is 127. The van der Waals surface area contributed by atoms with Crippen molar-refractivity contribution in [2.45, 2.75) is 51.2 Å². The first kappa shape index (κ1) is 23.5. The maximum Gasteiger partial charge on any atom is 0.223 e. The molecule has 152 valence electrons. The molecule has 0 radical (unpaired) electrons. The summed E-state index contributed by atoms with van der Waals surface area (Å²) in [6.07, 6.45) is 3.98. The van der Waals surface area contributed by atoms with Gasteiger partial charge in [-0.15, -0.1) is 24.0 Å². The fourth-order valence-corrected chi connectivity index (χ4v) is 4.41. The van der Waals surface area contributed by atoms with Gasteiger partial charge in [0.2, 0.25) is 5.91 Å². The van der Waals surface area contributed by atoms with E-state index in [-0.39, 0.29) is 41.6 Å². The van der Waals surface area contributed by atoms with Crippen molar-refractivity contribution in [2.75, 3.05) is 38.5 Å². The highest BCUT2D eigenvalue weighted by Gasteiger charge is 2.40. The first-order valence-electron chi connectivity index (χ1n) is 9.30. The third-order valence-electron chi connectivity index (χ3n) is 5.05. The standard InChI is InChI=1S/C17H32N4O3S.HI/c1-4-18-16(21-11-12-25(23,24)17(2,3)13-21)20-10-6-9-19-15(22)14-7-5-8-14;/h14H,4-13H2,1-3H3,(H,18,20)(H,19,22);1H. The van der Waals surface area contributed by atoms with Gasteiger partial charge in [0, 0.05) is 38.6 Å². The van der Waals surface area contributed by atoms with Gasteiger partial charge in [0.1, 0.15) is 0 Å². The average molecular weight is 500 g/mol. The first-order chi connectivity index (χ1) is 11.8. The highest BCUT2D eigenvalue weighted by molar-refractivity contribution is 14.0. The molecule has 2 N–H and O–H groups in total. The number of hydrogen-bond donors (Lipinski definition) is 2. The molecule has 1 amide bonds. The van der Waals surface area contributed by atoms with E-state index in [0.29, 0.717) is 26.2 Å². The first-order valence-corrected chi connectivity index (χ1v) is 11.0. The van der Waals surface area contributed by atoms with Crippen LogP contribution in [0.3, 0.4) is 0 Å². The fourth-order valence-electron chi connectivity index (χ4n) is 3.04. The molecule has 1 heterocycles. The molecule has 2 rings (SSSR count). The Hall–Kier alpha value is -0.580. The highest BCUT2D eigenvalue weighted by Crippen LogP contribution is 2.26. The zero-order chi connectivity index (χ0) is 18.5. The van der Waals surface area contributed by atoms with Crippen molar-refractivity contribution in [3.05, 3.63) is 0 Å². The van der Waals surface area contributed by atoms with Crippen LogP contribution < -0.4 is 10.6 Å². The van der Waals surface area contributed by atoms with Gasteiger partial charge in [-0.3, -0.25) is 9.79 Å². The van der Waals surface area contributed by atoms with Crippen molar-refractivity contribution in [3.63, 3.8) is 0 Å². The minimum atomic E-state index is -3.06. The number of sulfone groups is 1. The van der Waals surface area contributed by atoms with Gasteiger partial charge < -0.3 is 15.5 Å². The van der Waals surface area contributed by atoms with Crippen LogP contribution in [0.25, 0.3) is 0 Å². The maximum atomic E-state index is 12.1. The van der Waals surface area contributed by atoms with E-state index in [0.717, 1.165) is 38.2 Å². The minimum Gasteiger partial charge on any atom is -0.357 e. The van der Waals surface area contributed by atoms with E-state index >= 15 is 0 Å². The van der Waals surface area contributed by atoms with Crippen molar-refractivity contribution in [2.24, 2.45) is 10.9 Å². The normalized spacial score (nSPS) is 22.1. The SMILES string of the molecule is CCNC(=NCCCNC(=O)C1CCC1)N1CCS(=O)(=O)C(C)(C)C1.I. The smallest absolute Gasteiger partial charge is 0.223 e. The minimum absolute atomic E-state index is 0. The van der Waals surface area contributed by atoms with E-state index < -0.39 is 14.6 Å². The van der Waals surface area contributed by atoms with Crippen LogP contribution in [0.2, 0.25) is 0 Å². The van der Waals surface area contributed by atoms with Crippen LogP contribution in [-0.2, 0) is 14.6 Å². The topological polar surface area (TPSA) is 90.9 Å². The average Bonchev–Trinajstić information content (AvgIpc) is 2.47. The predicted octanol–water partition coefficient (Wildman–Crippen LogP) is 1.39. The van der Waals surface area contributed by atoms with Gasteiger partial charge >= 0.3 is 0 Å². The Morgan fingerprint density at radius 1 is 1.27 bits per heavy atom. The number of aliphatic imine (C=N–C) groups is 1. The van der Waals surface area contributed by atoms with Gasteiger partial charge in [0.05, 0.1) is 10.5 Å². The summed E-state index contributed by atoms with van der Waals surface area (Å²) in [4.78, 5) is 18.4. The van der Waals surface area contributed by atoms with Crippen molar-refractivity contribution in [1.82, 2.24) is 15.5 Å². The van der Waals surface area contributed by atoms with Crippen molar-refractivity contribution in [3.8, 4) is 0 Å². The molecular weight excluding hydrogens is 467 g/mol. The quantitative estimate of drug-likeness (QED) is 0.249. The Kier molecular flexibility index (Phi) is 9.11. The predicted molar refractivity (Wildman–Crippen MR) is 116 cm³/mol. The summed E-state index contributed by atoms with van der Waals surface area (Å²) in [5.41, 5.74) is 0. The molecule has 1 aliphatic heterocycles. The van der Waals surface area contributed by atoms with Gasteiger partial charge in [-0.05, 0) is 40.0 Å². The number of hydrogen-bond acceptors (Lipinski definition) is 4. The Morgan fingerprint density at radius 2 is 1.96 bits per heavy atom. The van der Waals surface area contributed by atoms with Gasteiger partial charge in [-0.25, -0.2) is 8.42 Å². The van der Waals surface area contributed by atoms with Crippen LogP contribution in [0.5, 0.6) is 0 Å². The molecule has 0 unspecified atom stereocenters. The molecule has 0 aromatic rings. The summed E-state index contributed by atoms with van der Waals surface area (Å²) in [6.45, 7) is 8.44. The Balaban J connectivity index is 0.00000338. The van der Waals surface area contributed by atoms with Crippen LogP contribution in [-0.4, -0.2) is 68.4 Å². The van der Waals surface area contributed by atoms with Crippen molar-refractivity contribution in [1.29, 1.82) is 0 Å². The van der Waals surface area contributed by atoms with Gasteiger partial charge in [0.15, 0.2) is 15.8 Å². The maximum absolute atomic E-state index is 12.1. The van der Waals surface area contributed by atoms with Gasteiger partial charge in [-0.1, -0.05) is 6.42 Å². The number of carbonyl (C=O) groups is 1. The lowest BCUT2D eigenvalue weighted by atomic mass is 9.85. The second-order valence-corrected chi connectivity index (χ2v) is 10.3. The second-order valence-electron chi connectivity index (χ2n) is 7.51. The molecule has 0 aromatic carbocycles. The molecule has 2 aliphatic rings.